The van der Waals surface area contributed by atoms with E-state index in [-0.39, 0.29) is 64.2 Å². The number of aryl methyl sites for hydroxylation is 3. The molecular formula is C34H36KNO7S3. The molecule has 0 bridgehead atoms. The molecule has 0 radical (unpaired) electrons. The van der Waals surface area contributed by atoms with Crippen molar-refractivity contribution in [1.29, 1.82) is 0 Å². The van der Waals surface area contributed by atoms with Crippen molar-refractivity contribution < 1.29 is 81.7 Å². The summed E-state index contributed by atoms with van der Waals surface area (Å²) in [7, 11) is -8.48. The Kier molecular flexibility index (Phi) is 12.6. The van der Waals surface area contributed by atoms with Crippen LogP contribution in [0.25, 0.3) is 28.2 Å². The summed E-state index contributed by atoms with van der Waals surface area (Å²) in [5, 5.41) is 1.76. The summed E-state index contributed by atoms with van der Waals surface area (Å²) < 4.78 is 72.9. The minimum absolute atomic E-state index is 0. The second-order valence-electron chi connectivity index (χ2n) is 11.2. The van der Waals surface area contributed by atoms with Crippen LogP contribution >= 0.6 is 11.8 Å². The molecule has 12 heteroatoms. The SMILES string of the molecule is CCC(=C/c1oc2ccc(-c3ccccc3)cc2c1CCS(=O)(=O)O)/C=C1\Sc2cc(C)c(C)cc2N1CCCCS(=O)(=O)[O-].[K+]. The van der Waals surface area contributed by atoms with Crippen LogP contribution in [0, 0.1) is 13.8 Å². The molecule has 0 atom stereocenters. The van der Waals surface area contributed by atoms with Gasteiger partial charge in [0.05, 0.1) is 26.6 Å². The van der Waals surface area contributed by atoms with Crippen molar-refractivity contribution in [2.24, 2.45) is 0 Å². The fraction of sp³-hybridized carbons (Fsp3) is 0.294. The number of furan rings is 1. The van der Waals surface area contributed by atoms with Crippen LogP contribution < -0.4 is 56.3 Å². The Morgan fingerprint density at radius 3 is 2.35 bits per heavy atom. The van der Waals surface area contributed by atoms with E-state index in [0.29, 0.717) is 36.3 Å². The molecule has 1 N–H and O–H groups in total. The minimum Gasteiger partial charge on any atom is -0.748 e. The number of benzene rings is 3. The molecule has 1 aliphatic heterocycles. The number of hydrogen-bond acceptors (Lipinski definition) is 8. The summed E-state index contributed by atoms with van der Waals surface area (Å²) in [6.07, 6.45) is 5.55. The molecule has 46 heavy (non-hydrogen) atoms. The first-order valence-corrected chi connectivity index (χ1v) is 18.8. The van der Waals surface area contributed by atoms with Crippen LogP contribution in [0.15, 0.2) is 86.7 Å². The largest absolute Gasteiger partial charge is 1.00 e. The fourth-order valence-electron chi connectivity index (χ4n) is 5.40. The smallest absolute Gasteiger partial charge is 0.748 e. The normalized spacial score (nSPS) is 14.6. The van der Waals surface area contributed by atoms with Gasteiger partial charge in [-0.25, -0.2) is 8.42 Å². The second kappa shape index (κ2) is 15.7. The van der Waals surface area contributed by atoms with E-state index in [1.807, 2.05) is 61.5 Å². The number of allylic oxidation sites excluding steroid dienone is 2. The Bertz CT molecular complexity index is 2000. The van der Waals surface area contributed by atoms with Crippen molar-refractivity contribution in [3.05, 3.63) is 99.8 Å². The molecule has 0 saturated carbocycles. The van der Waals surface area contributed by atoms with E-state index in [1.165, 1.54) is 5.56 Å². The molecule has 0 fully saturated rings. The fourth-order valence-corrected chi connectivity index (χ4v) is 7.66. The Morgan fingerprint density at radius 2 is 1.67 bits per heavy atom. The molecule has 3 aromatic carbocycles. The molecule has 5 rings (SSSR count). The molecule has 2 heterocycles. The molecule has 0 saturated heterocycles. The van der Waals surface area contributed by atoms with E-state index in [2.05, 4.69) is 37.0 Å². The molecule has 4 aromatic rings. The van der Waals surface area contributed by atoms with E-state index in [4.69, 9.17) is 4.42 Å². The van der Waals surface area contributed by atoms with E-state index < -0.39 is 31.7 Å². The number of unbranched alkanes of at least 4 members (excludes halogenated alkanes) is 1. The molecule has 0 unspecified atom stereocenters. The first-order valence-electron chi connectivity index (χ1n) is 14.8. The van der Waals surface area contributed by atoms with E-state index in [9.17, 15) is 25.9 Å². The Morgan fingerprint density at radius 1 is 0.957 bits per heavy atom. The van der Waals surface area contributed by atoms with Crippen molar-refractivity contribution in [1.82, 2.24) is 0 Å². The summed E-state index contributed by atoms with van der Waals surface area (Å²) in [6.45, 7) is 6.70. The van der Waals surface area contributed by atoms with Crippen molar-refractivity contribution >= 4 is 54.7 Å². The van der Waals surface area contributed by atoms with Gasteiger partial charge in [0.1, 0.15) is 11.3 Å². The monoisotopic (exact) mass is 705 g/mol. The van der Waals surface area contributed by atoms with Crippen LogP contribution in [-0.4, -0.2) is 44.0 Å². The quantitative estimate of drug-likeness (QED) is 0.127. The maximum Gasteiger partial charge on any atom is 1.00 e. The molecule has 0 aliphatic carbocycles. The maximum atomic E-state index is 11.8. The summed E-state index contributed by atoms with van der Waals surface area (Å²) in [5.41, 5.74) is 7.63. The number of nitrogens with zero attached hydrogens (tertiary/aromatic N) is 1. The second-order valence-corrected chi connectivity index (χ2v) is 15.4. The van der Waals surface area contributed by atoms with Gasteiger partial charge in [-0.1, -0.05) is 55.1 Å². The van der Waals surface area contributed by atoms with Gasteiger partial charge in [0.15, 0.2) is 0 Å². The molecular weight excluding hydrogens is 670 g/mol. The van der Waals surface area contributed by atoms with E-state index in [0.717, 1.165) is 43.3 Å². The molecule has 238 valence electrons. The first kappa shape index (κ1) is 37.1. The van der Waals surface area contributed by atoms with Crippen molar-refractivity contribution in [2.75, 3.05) is 23.0 Å². The zero-order chi connectivity index (χ0) is 32.4. The first-order chi connectivity index (χ1) is 21.3. The molecule has 0 amide bonds. The van der Waals surface area contributed by atoms with Crippen molar-refractivity contribution in [3.63, 3.8) is 0 Å². The van der Waals surface area contributed by atoms with Gasteiger partial charge in [0.25, 0.3) is 10.1 Å². The van der Waals surface area contributed by atoms with Gasteiger partial charge in [0.2, 0.25) is 0 Å². The zero-order valence-electron chi connectivity index (χ0n) is 26.4. The Hall–Kier alpha value is -1.71. The number of thioether (sulfide) groups is 1. The van der Waals surface area contributed by atoms with E-state index >= 15 is 0 Å². The third-order valence-corrected chi connectivity index (χ3v) is 10.5. The van der Waals surface area contributed by atoms with Gasteiger partial charge in [-0.3, -0.25) is 4.55 Å². The van der Waals surface area contributed by atoms with Gasteiger partial charge in [-0.05, 0) is 104 Å². The molecule has 8 nitrogen and oxygen atoms in total. The topological polar surface area (TPSA) is 128 Å². The zero-order valence-corrected chi connectivity index (χ0v) is 32.0. The number of hydrogen-bond donors (Lipinski definition) is 1. The number of anilines is 1. The van der Waals surface area contributed by atoms with Crippen LogP contribution in [0.3, 0.4) is 0 Å². The maximum absolute atomic E-state index is 11.8. The average molecular weight is 706 g/mol. The van der Waals surface area contributed by atoms with Crippen molar-refractivity contribution in [3.8, 4) is 11.1 Å². The minimum atomic E-state index is -4.27. The van der Waals surface area contributed by atoms with Gasteiger partial charge < -0.3 is 13.9 Å². The molecule has 0 spiro atoms. The predicted octanol–water partition coefficient (Wildman–Crippen LogP) is 4.72. The summed E-state index contributed by atoms with van der Waals surface area (Å²) in [4.78, 5) is 3.26. The standard InChI is InChI=1S/C34H37NO7S3.K/c1-4-25(21-34-35(15-8-9-16-44(36,37)38)30-18-23(2)24(3)19-33(30)43-34)20-32-28(14-17-45(39,40)41)29-22-27(12-13-31(29)42-32)26-10-6-5-7-11-26;/h5-7,10-13,18-22H,4,8-9,14-17H2,1-3H3,(H,36,37,38)(H,39,40,41);/q;+1/p-1/b25-20-,34-21-;. The number of rotatable bonds is 12. The van der Waals surface area contributed by atoms with Crippen LogP contribution in [0.2, 0.25) is 0 Å². The molecule has 1 aromatic heterocycles. The summed E-state index contributed by atoms with van der Waals surface area (Å²) >= 11 is 1.63. The van der Waals surface area contributed by atoms with Crippen LogP contribution in [-0.2, 0) is 26.7 Å². The summed E-state index contributed by atoms with van der Waals surface area (Å²) in [6, 6.07) is 20.0. The summed E-state index contributed by atoms with van der Waals surface area (Å²) in [5.74, 6) is -0.291. The predicted molar refractivity (Wildman–Crippen MR) is 181 cm³/mol. The Balaban J connectivity index is 0.00000480. The third-order valence-electron chi connectivity index (χ3n) is 7.95. The van der Waals surface area contributed by atoms with Gasteiger partial charge in [0, 0.05) is 28.1 Å². The van der Waals surface area contributed by atoms with Gasteiger partial charge in [-0.15, -0.1) is 0 Å². The van der Waals surface area contributed by atoms with Crippen molar-refractivity contribution in [2.45, 2.75) is 51.3 Å². The molecule has 1 aliphatic rings. The van der Waals surface area contributed by atoms with Crippen LogP contribution in [0.4, 0.5) is 5.69 Å². The van der Waals surface area contributed by atoms with Crippen LogP contribution in [0.1, 0.15) is 48.6 Å². The third kappa shape index (κ3) is 9.46. The average Bonchev–Trinajstić information content (AvgIpc) is 3.49. The van der Waals surface area contributed by atoms with Gasteiger partial charge >= 0.3 is 51.4 Å². The van der Waals surface area contributed by atoms with E-state index in [1.54, 1.807) is 11.8 Å². The number of fused-ring (bicyclic) bond motifs is 2. The Labute approximate surface area is 318 Å². The van der Waals surface area contributed by atoms with Gasteiger partial charge in [-0.2, -0.15) is 8.42 Å². The van der Waals surface area contributed by atoms with Crippen LogP contribution in [0.5, 0.6) is 0 Å².